The molecule has 2 heterocycles. The molecule has 0 radical (unpaired) electrons. The lowest BCUT2D eigenvalue weighted by Crippen LogP contribution is -2.60. The molecule has 2 amide bonds. The number of fused-ring (bicyclic) bond motifs is 1. The summed E-state index contributed by atoms with van der Waals surface area (Å²) >= 11 is 0. The van der Waals surface area contributed by atoms with E-state index >= 15 is 0 Å². The molecule has 2 rings (SSSR count). The third-order valence-electron chi connectivity index (χ3n) is 3.40. The molecule has 2 aliphatic heterocycles. The molecule has 1 N–H and O–H groups in total. The Kier molecular flexibility index (Phi) is 4.34. The van der Waals surface area contributed by atoms with Gasteiger partial charge in [-0.1, -0.05) is 6.08 Å². The van der Waals surface area contributed by atoms with E-state index in [0.717, 1.165) is 6.42 Å². The average Bonchev–Trinajstić information content (AvgIpc) is 2.43. The lowest BCUT2D eigenvalue weighted by Gasteiger charge is -2.41. The van der Waals surface area contributed by atoms with E-state index in [4.69, 9.17) is 4.74 Å². The third kappa shape index (κ3) is 2.80. The molecule has 1 atom stereocenters. The van der Waals surface area contributed by atoms with Crippen LogP contribution < -0.4 is 5.32 Å². The van der Waals surface area contributed by atoms with E-state index < -0.39 is 5.54 Å². The number of methoxy groups -OCH3 is 1. The van der Waals surface area contributed by atoms with Crippen molar-refractivity contribution in [2.24, 2.45) is 4.99 Å². The Morgan fingerprint density at radius 1 is 1.55 bits per heavy atom. The Hall–Kier alpha value is -1.95. The molecule has 0 fully saturated rings. The van der Waals surface area contributed by atoms with E-state index in [1.54, 1.807) is 37.3 Å². The Balaban J connectivity index is 2.10. The van der Waals surface area contributed by atoms with Crippen molar-refractivity contribution in [3.8, 4) is 0 Å². The molecule has 0 aromatic heterocycles. The highest BCUT2D eigenvalue weighted by Gasteiger charge is 2.44. The Morgan fingerprint density at radius 2 is 2.35 bits per heavy atom. The largest absolute Gasteiger partial charge is 0.385 e. The highest BCUT2D eigenvalue weighted by Crippen LogP contribution is 2.27. The first kappa shape index (κ1) is 14.5. The molecule has 2 aliphatic rings. The first-order valence-electron chi connectivity index (χ1n) is 6.61. The highest BCUT2D eigenvalue weighted by atomic mass is 16.5. The summed E-state index contributed by atoms with van der Waals surface area (Å²) in [5.74, 6) is 0.0679. The predicted molar refractivity (Wildman–Crippen MR) is 75.1 cm³/mol. The summed E-state index contributed by atoms with van der Waals surface area (Å²) in [4.78, 5) is 29.9. The Morgan fingerprint density at radius 3 is 3.10 bits per heavy atom. The molecule has 0 spiro atoms. The van der Waals surface area contributed by atoms with Crippen LogP contribution in [0.5, 0.6) is 0 Å². The van der Waals surface area contributed by atoms with Gasteiger partial charge in [0.2, 0.25) is 5.91 Å². The van der Waals surface area contributed by atoms with E-state index in [9.17, 15) is 9.59 Å². The fourth-order valence-corrected chi connectivity index (χ4v) is 2.29. The van der Waals surface area contributed by atoms with E-state index in [0.29, 0.717) is 19.0 Å². The van der Waals surface area contributed by atoms with Gasteiger partial charge in [-0.3, -0.25) is 9.59 Å². The number of nitrogens with zero attached hydrogens (tertiary/aromatic N) is 2. The van der Waals surface area contributed by atoms with Crippen LogP contribution in [-0.2, 0) is 14.3 Å². The monoisotopic (exact) mass is 277 g/mol. The standard InChI is InChI=1S/C14H19N3O3/c1-14(13(19)15-7-5-9-20-2)10-12(18)16-11-6-3-4-8-17(11)14/h3-4,6,8H,5,7,9-10H2,1-2H3,(H,15,19). The second kappa shape index (κ2) is 6.00. The minimum Gasteiger partial charge on any atom is -0.385 e. The number of allylic oxidation sites excluding steroid dienone is 2. The molecule has 20 heavy (non-hydrogen) atoms. The molecule has 1 unspecified atom stereocenters. The van der Waals surface area contributed by atoms with Crippen LogP contribution in [0, 0.1) is 0 Å². The van der Waals surface area contributed by atoms with Crippen molar-refractivity contribution in [1.82, 2.24) is 10.2 Å². The number of rotatable bonds is 5. The second-order valence-corrected chi connectivity index (χ2v) is 4.99. The molecular weight excluding hydrogens is 258 g/mol. The van der Waals surface area contributed by atoms with Crippen molar-refractivity contribution in [1.29, 1.82) is 0 Å². The van der Waals surface area contributed by atoms with Crippen LogP contribution in [0.2, 0.25) is 0 Å². The van der Waals surface area contributed by atoms with Gasteiger partial charge in [-0.05, 0) is 25.5 Å². The molecule has 0 aromatic rings. The van der Waals surface area contributed by atoms with Crippen molar-refractivity contribution in [3.05, 3.63) is 24.4 Å². The maximum absolute atomic E-state index is 12.4. The summed E-state index contributed by atoms with van der Waals surface area (Å²) in [5.41, 5.74) is -0.928. The number of hydrogen-bond acceptors (Lipinski definition) is 4. The van der Waals surface area contributed by atoms with Crippen molar-refractivity contribution < 1.29 is 14.3 Å². The lowest BCUT2D eigenvalue weighted by atomic mass is 9.91. The summed E-state index contributed by atoms with van der Waals surface area (Å²) in [6, 6.07) is 0. The van der Waals surface area contributed by atoms with Gasteiger partial charge in [-0.15, -0.1) is 0 Å². The minimum absolute atomic E-state index is 0.0742. The fraction of sp³-hybridized carbons (Fsp3) is 0.500. The molecule has 0 aromatic carbocycles. The second-order valence-electron chi connectivity index (χ2n) is 4.99. The van der Waals surface area contributed by atoms with Crippen molar-refractivity contribution in [2.45, 2.75) is 25.3 Å². The SMILES string of the molecule is COCCCNC(=O)C1(C)CC(=O)N=C2C=CC=CN21. The van der Waals surface area contributed by atoms with Gasteiger partial charge in [0.25, 0.3) is 5.91 Å². The van der Waals surface area contributed by atoms with Crippen LogP contribution in [0.1, 0.15) is 19.8 Å². The van der Waals surface area contributed by atoms with Crippen LogP contribution in [0.3, 0.4) is 0 Å². The van der Waals surface area contributed by atoms with Crippen molar-refractivity contribution in [3.63, 3.8) is 0 Å². The van der Waals surface area contributed by atoms with Gasteiger partial charge in [0.05, 0.1) is 6.42 Å². The molecule has 0 bridgehead atoms. The van der Waals surface area contributed by atoms with Gasteiger partial charge in [0.1, 0.15) is 11.4 Å². The number of aliphatic imine (C=N–C) groups is 1. The van der Waals surface area contributed by atoms with Gasteiger partial charge >= 0.3 is 0 Å². The average molecular weight is 277 g/mol. The normalized spacial score (nSPS) is 24.4. The number of nitrogens with one attached hydrogen (secondary N) is 1. The molecule has 0 saturated carbocycles. The van der Waals surface area contributed by atoms with E-state index in [1.165, 1.54) is 0 Å². The molecule has 6 heteroatoms. The zero-order chi connectivity index (χ0) is 14.6. The topological polar surface area (TPSA) is 71.0 Å². The summed E-state index contributed by atoms with van der Waals surface area (Å²) < 4.78 is 4.94. The van der Waals surface area contributed by atoms with Crippen molar-refractivity contribution in [2.75, 3.05) is 20.3 Å². The molecule has 6 nitrogen and oxygen atoms in total. The quantitative estimate of drug-likeness (QED) is 0.748. The Bertz CT molecular complexity index is 496. The van der Waals surface area contributed by atoms with Gasteiger partial charge in [0, 0.05) is 26.5 Å². The highest BCUT2D eigenvalue weighted by molar-refractivity contribution is 6.09. The third-order valence-corrected chi connectivity index (χ3v) is 3.40. The number of ether oxygens (including phenoxy) is 1. The number of hydrogen-bond donors (Lipinski definition) is 1. The van der Waals surface area contributed by atoms with Crippen LogP contribution in [0.25, 0.3) is 0 Å². The Labute approximate surface area is 118 Å². The number of amidine groups is 1. The summed E-state index contributed by atoms with van der Waals surface area (Å²) in [6.07, 6.45) is 7.94. The van der Waals surface area contributed by atoms with Gasteiger partial charge in [-0.25, -0.2) is 0 Å². The van der Waals surface area contributed by atoms with Crippen LogP contribution in [0.4, 0.5) is 0 Å². The molecular formula is C14H19N3O3. The summed E-state index contributed by atoms with van der Waals surface area (Å²) in [7, 11) is 1.62. The molecule has 0 aliphatic carbocycles. The lowest BCUT2D eigenvalue weighted by molar-refractivity contribution is -0.134. The maximum Gasteiger partial charge on any atom is 0.250 e. The smallest absolute Gasteiger partial charge is 0.250 e. The van der Waals surface area contributed by atoms with Gasteiger partial charge < -0.3 is 15.0 Å². The predicted octanol–water partition coefficient (Wildman–Crippen LogP) is 0.612. The van der Waals surface area contributed by atoms with Crippen LogP contribution in [0.15, 0.2) is 29.4 Å². The number of carbonyl (C=O) groups is 2. The first-order chi connectivity index (χ1) is 9.58. The molecule has 0 saturated heterocycles. The summed E-state index contributed by atoms with van der Waals surface area (Å²) in [6.45, 7) is 2.88. The van der Waals surface area contributed by atoms with E-state index in [2.05, 4.69) is 10.3 Å². The van der Waals surface area contributed by atoms with Gasteiger partial charge in [-0.2, -0.15) is 4.99 Å². The first-order valence-corrected chi connectivity index (χ1v) is 6.61. The van der Waals surface area contributed by atoms with Gasteiger partial charge in [0.15, 0.2) is 0 Å². The van der Waals surface area contributed by atoms with Crippen molar-refractivity contribution >= 4 is 17.6 Å². The number of carbonyl (C=O) groups excluding carboxylic acids is 2. The number of amides is 2. The summed E-state index contributed by atoms with van der Waals surface area (Å²) in [5, 5.41) is 2.86. The van der Waals surface area contributed by atoms with Crippen LogP contribution >= 0.6 is 0 Å². The fourth-order valence-electron chi connectivity index (χ4n) is 2.29. The van der Waals surface area contributed by atoms with E-state index in [-0.39, 0.29) is 18.2 Å². The zero-order valence-corrected chi connectivity index (χ0v) is 11.8. The molecule has 108 valence electrons. The van der Waals surface area contributed by atoms with Crippen LogP contribution in [-0.4, -0.2) is 48.4 Å². The zero-order valence-electron chi connectivity index (χ0n) is 11.8. The maximum atomic E-state index is 12.4. The minimum atomic E-state index is -0.928. The van der Waals surface area contributed by atoms with E-state index in [1.807, 2.05) is 6.08 Å².